The summed E-state index contributed by atoms with van der Waals surface area (Å²) in [6.45, 7) is 0.394. The van der Waals surface area contributed by atoms with Gasteiger partial charge >= 0.3 is 5.97 Å². The summed E-state index contributed by atoms with van der Waals surface area (Å²) in [5.74, 6) is -1.31. The van der Waals surface area contributed by atoms with Gasteiger partial charge in [0.1, 0.15) is 0 Å². The van der Waals surface area contributed by atoms with Crippen LogP contribution < -0.4 is 11.1 Å². The summed E-state index contributed by atoms with van der Waals surface area (Å²) in [5.41, 5.74) is 6.71. The summed E-state index contributed by atoms with van der Waals surface area (Å²) >= 11 is 0. The van der Waals surface area contributed by atoms with Gasteiger partial charge in [-0.05, 0) is 18.1 Å². The van der Waals surface area contributed by atoms with Crippen molar-refractivity contribution in [3.63, 3.8) is 0 Å². The first kappa shape index (κ1) is 15.1. The molecule has 6 heteroatoms. The molecule has 0 spiro atoms. The van der Waals surface area contributed by atoms with Crippen molar-refractivity contribution < 1.29 is 19.4 Å². The number of rotatable bonds is 7. The highest BCUT2D eigenvalue weighted by Crippen LogP contribution is 2.16. The highest BCUT2D eigenvalue weighted by molar-refractivity contribution is 5.95. The third-order valence-corrected chi connectivity index (χ3v) is 2.59. The molecular formula is C13H18N2O4. The van der Waals surface area contributed by atoms with Crippen LogP contribution in [0.15, 0.2) is 24.3 Å². The van der Waals surface area contributed by atoms with Gasteiger partial charge in [0.25, 0.3) is 0 Å². The van der Waals surface area contributed by atoms with Crippen LogP contribution in [0.25, 0.3) is 0 Å². The number of nitrogens with two attached hydrogens (primary N) is 1. The molecule has 4 N–H and O–H groups in total. The minimum atomic E-state index is -0.953. The van der Waals surface area contributed by atoms with E-state index in [4.69, 9.17) is 15.6 Å². The highest BCUT2D eigenvalue weighted by atomic mass is 16.5. The van der Waals surface area contributed by atoms with Crippen LogP contribution in [0.3, 0.4) is 0 Å². The highest BCUT2D eigenvalue weighted by Gasteiger charge is 2.15. The number of aliphatic carboxylic acids is 1. The Labute approximate surface area is 111 Å². The number of amides is 1. The number of anilines is 1. The zero-order chi connectivity index (χ0) is 14.3. The largest absolute Gasteiger partial charge is 0.481 e. The molecule has 1 atom stereocenters. The van der Waals surface area contributed by atoms with Crippen molar-refractivity contribution in [3.05, 3.63) is 29.8 Å². The molecule has 19 heavy (non-hydrogen) atoms. The second-order valence-electron chi connectivity index (χ2n) is 4.10. The van der Waals surface area contributed by atoms with Gasteiger partial charge in [-0.2, -0.15) is 0 Å². The summed E-state index contributed by atoms with van der Waals surface area (Å²) in [7, 11) is 1.53. The Bertz CT molecular complexity index is 448. The molecule has 1 aromatic carbocycles. The fourth-order valence-electron chi connectivity index (χ4n) is 1.56. The molecule has 1 rings (SSSR count). The average Bonchev–Trinajstić information content (AvgIpc) is 2.37. The summed E-state index contributed by atoms with van der Waals surface area (Å²) in [6, 6.07) is 6.07. The fraction of sp³-hybridized carbons (Fsp3) is 0.385. The number of methoxy groups -OCH3 is 1. The molecule has 0 saturated carbocycles. The Kier molecular flexibility index (Phi) is 5.98. The molecule has 1 aromatic rings. The number of carboxylic acids is 1. The number of hydrogen-bond donors (Lipinski definition) is 3. The summed E-state index contributed by atoms with van der Waals surface area (Å²) in [5, 5.41) is 11.4. The van der Waals surface area contributed by atoms with Crippen LogP contribution in [-0.4, -0.2) is 36.7 Å². The van der Waals surface area contributed by atoms with Gasteiger partial charge in [0.05, 0.1) is 12.5 Å². The van der Waals surface area contributed by atoms with Gasteiger partial charge in [0.2, 0.25) is 5.91 Å². The smallest absolute Gasteiger partial charge is 0.307 e. The first-order chi connectivity index (χ1) is 9.04. The Morgan fingerprint density at radius 2 is 2.11 bits per heavy atom. The number of benzene rings is 1. The number of carbonyl (C=O) groups excluding carboxylic acids is 1. The third kappa shape index (κ3) is 5.07. The first-order valence-corrected chi connectivity index (χ1v) is 5.89. The zero-order valence-electron chi connectivity index (χ0n) is 10.8. The van der Waals surface area contributed by atoms with E-state index in [-0.39, 0.29) is 12.3 Å². The lowest BCUT2D eigenvalue weighted by atomic mass is 10.1. The van der Waals surface area contributed by atoms with Crippen LogP contribution in [0.1, 0.15) is 12.0 Å². The standard InChI is InChI=1S/C13H18N2O4/c1-19-7-6-10(14)13(18)15-11-5-3-2-4-9(11)8-12(16)17/h2-5,10H,6-8,14H2,1H3,(H,15,18)(H,16,17). The van der Waals surface area contributed by atoms with Crippen molar-refractivity contribution in [3.8, 4) is 0 Å². The molecule has 0 bridgehead atoms. The molecule has 0 fully saturated rings. The molecule has 1 amide bonds. The number of hydrogen-bond acceptors (Lipinski definition) is 4. The van der Waals surface area contributed by atoms with Crippen LogP contribution in [0.5, 0.6) is 0 Å². The van der Waals surface area contributed by atoms with Crippen molar-refractivity contribution in [2.45, 2.75) is 18.9 Å². The lowest BCUT2D eigenvalue weighted by Crippen LogP contribution is -2.36. The molecule has 0 radical (unpaired) electrons. The monoisotopic (exact) mass is 266 g/mol. The van der Waals surface area contributed by atoms with E-state index < -0.39 is 12.0 Å². The zero-order valence-corrected chi connectivity index (χ0v) is 10.8. The van der Waals surface area contributed by atoms with E-state index in [0.717, 1.165) is 0 Å². The lowest BCUT2D eigenvalue weighted by molar-refractivity contribution is -0.136. The van der Waals surface area contributed by atoms with Crippen LogP contribution in [0.2, 0.25) is 0 Å². The lowest BCUT2D eigenvalue weighted by Gasteiger charge is -2.14. The third-order valence-electron chi connectivity index (χ3n) is 2.59. The second kappa shape index (κ2) is 7.50. The van der Waals surface area contributed by atoms with Crippen molar-refractivity contribution in [1.29, 1.82) is 0 Å². The molecule has 0 aliphatic carbocycles. The van der Waals surface area contributed by atoms with Crippen LogP contribution in [0, 0.1) is 0 Å². The number of nitrogens with one attached hydrogen (secondary N) is 1. The minimum absolute atomic E-state index is 0.149. The molecule has 1 unspecified atom stereocenters. The van der Waals surface area contributed by atoms with E-state index in [1.165, 1.54) is 7.11 Å². The Hall–Kier alpha value is -1.92. The van der Waals surface area contributed by atoms with Gasteiger partial charge < -0.3 is 20.9 Å². The van der Waals surface area contributed by atoms with Crippen molar-refractivity contribution in [2.24, 2.45) is 5.73 Å². The maximum absolute atomic E-state index is 11.8. The van der Waals surface area contributed by atoms with Gasteiger partial charge in [-0.3, -0.25) is 9.59 Å². The van der Waals surface area contributed by atoms with E-state index in [2.05, 4.69) is 5.32 Å². The molecule has 0 aromatic heterocycles. The summed E-state index contributed by atoms with van der Waals surface area (Å²) in [6.07, 6.45) is 0.257. The fourth-order valence-corrected chi connectivity index (χ4v) is 1.56. The van der Waals surface area contributed by atoms with E-state index >= 15 is 0 Å². The predicted octanol–water partition coefficient (Wildman–Crippen LogP) is 0.616. The molecular weight excluding hydrogens is 248 g/mol. The normalized spacial score (nSPS) is 11.9. The first-order valence-electron chi connectivity index (χ1n) is 5.89. The molecule has 6 nitrogen and oxygen atoms in total. The summed E-state index contributed by atoms with van der Waals surface area (Å²) < 4.78 is 4.85. The number of carbonyl (C=O) groups is 2. The van der Waals surface area contributed by atoms with Gasteiger partial charge in [0, 0.05) is 19.4 Å². The number of para-hydroxylation sites is 1. The molecule has 0 heterocycles. The quantitative estimate of drug-likeness (QED) is 0.671. The molecule has 0 aliphatic rings. The maximum Gasteiger partial charge on any atom is 0.307 e. The Morgan fingerprint density at radius 1 is 1.42 bits per heavy atom. The van der Waals surface area contributed by atoms with E-state index in [9.17, 15) is 9.59 Å². The van der Waals surface area contributed by atoms with Crippen LogP contribution in [-0.2, 0) is 20.7 Å². The number of ether oxygens (including phenoxy) is 1. The molecule has 0 saturated heterocycles. The second-order valence-corrected chi connectivity index (χ2v) is 4.10. The average molecular weight is 266 g/mol. The van der Waals surface area contributed by atoms with Crippen molar-refractivity contribution >= 4 is 17.6 Å². The Morgan fingerprint density at radius 3 is 2.74 bits per heavy atom. The SMILES string of the molecule is COCCC(N)C(=O)Nc1ccccc1CC(=O)O. The maximum atomic E-state index is 11.8. The van der Waals surface area contributed by atoms with Gasteiger partial charge in [-0.1, -0.05) is 18.2 Å². The van der Waals surface area contributed by atoms with Crippen LogP contribution >= 0.6 is 0 Å². The van der Waals surface area contributed by atoms with Gasteiger partial charge in [-0.15, -0.1) is 0 Å². The number of carboxylic acid groups (broad SMARTS) is 1. The molecule has 0 aliphatic heterocycles. The van der Waals surface area contributed by atoms with Crippen molar-refractivity contribution in [1.82, 2.24) is 0 Å². The van der Waals surface area contributed by atoms with Crippen molar-refractivity contribution in [2.75, 3.05) is 19.0 Å². The topological polar surface area (TPSA) is 102 Å². The van der Waals surface area contributed by atoms with Crippen LogP contribution in [0.4, 0.5) is 5.69 Å². The predicted molar refractivity (Wildman–Crippen MR) is 70.9 cm³/mol. The van der Waals surface area contributed by atoms with E-state index in [1.54, 1.807) is 24.3 Å². The van der Waals surface area contributed by atoms with Gasteiger partial charge in [0.15, 0.2) is 0 Å². The molecule has 104 valence electrons. The summed E-state index contributed by atoms with van der Waals surface area (Å²) in [4.78, 5) is 22.5. The Balaban J connectivity index is 2.70. The van der Waals surface area contributed by atoms with E-state index in [0.29, 0.717) is 24.3 Å². The van der Waals surface area contributed by atoms with Gasteiger partial charge in [-0.25, -0.2) is 0 Å². The minimum Gasteiger partial charge on any atom is -0.481 e. The van der Waals surface area contributed by atoms with E-state index in [1.807, 2.05) is 0 Å².